The Balaban J connectivity index is 1.46. The van der Waals surface area contributed by atoms with Crippen LogP contribution in [0.25, 0.3) is 10.9 Å². The number of pyridine rings is 1. The number of piperidine rings is 1. The Bertz CT molecular complexity index is 1300. The molecule has 3 N–H and O–H groups in total. The van der Waals surface area contributed by atoms with Crippen molar-refractivity contribution in [3.8, 4) is 0 Å². The fraction of sp³-hybridized carbons (Fsp3) is 0.385. The molecule has 180 valence electrons. The Morgan fingerprint density at radius 1 is 1.09 bits per heavy atom. The van der Waals surface area contributed by atoms with Gasteiger partial charge in [-0.3, -0.25) is 4.79 Å². The van der Waals surface area contributed by atoms with Gasteiger partial charge in [-0.2, -0.15) is 0 Å². The van der Waals surface area contributed by atoms with Gasteiger partial charge in [0, 0.05) is 24.0 Å². The molecule has 0 atom stereocenters. The maximum absolute atomic E-state index is 13.2. The predicted octanol–water partition coefficient (Wildman–Crippen LogP) is 3.80. The molecule has 7 nitrogen and oxygen atoms in total. The molecule has 1 aromatic heterocycles. The molecule has 1 aliphatic heterocycles. The molecule has 0 aliphatic carbocycles. The number of carbonyl (C=O) groups excluding carboxylic acids is 1. The minimum Gasteiger partial charge on any atom is -0.390 e. The molecule has 8 heteroatoms. The molecule has 0 unspecified atom stereocenters. The summed E-state index contributed by atoms with van der Waals surface area (Å²) in [6.07, 6.45) is 1.87. The van der Waals surface area contributed by atoms with Crippen LogP contribution in [0.15, 0.2) is 59.5 Å². The van der Waals surface area contributed by atoms with E-state index >= 15 is 0 Å². The largest absolute Gasteiger partial charge is 0.390 e. The highest BCUT2D eigenvalue weighted by molar-refractivity contribution is 7.90. The quantitative estimate of drug-likeness (QED) is 0.554. The van der Waals surface area contributed by atoms with Gasteiger partial charge in [-0.05, 0) is 61.1 Å². The standard InChI is InChI=1S/C26H31N3O4S/c1-18(2)16-26(31)12-14-29(15-13-26)25(30)21-8-6-19(7-9-21)17-34(32,33)22-5-3-4-20-10-11-23(27)28-24(20)22/h3-11,18,31H,12-17H2,1-2H3,(H2,27,28). The second-order valence-electron chi connectivity index (χ2n) is 9.63. The van der Waals surface area contributed by atoms with E-state index in [1.165, 1.54) is 0 Å². The molecule has 1 aliphatic rings. The Morgan fingerprint density at radius 2 is 1.76 bits per heavy atom. The number of hydrogen-bond acceptors (Lipinski definition) is 6. The second kappa shape index (κ2) is 9.35. The van der Waals surface area contributed by atoms with Gasteiger partial charge in [0.05, 0.1) is 21.8 Å². The van der Waals surface area contributed by atoms with E-state index in [4.69, 9.17) is 5.73 Å². The van der Waals surface area contributed by atoms with Crippen molar-refractivity contribution in [1.82, 2.24) is 9.88 Å². The van der Waals surface area contributed by atoms with E-state index in [9.17, 15) is 18.3 Å². The van der Waals surface area contributed by atoms with Gasteiger partial charge < -0.3 is 15.7 Å². The van der Waals surface area contributed by atoms with Crippen molar-refractivity contribution >= 4 is 32.5 Å². The molecule has 2 aromatic carbocycles. The molecule has 1 saturated heterocycles. The van der Waals surface area contributed by atoms with Gasteiger partial charge in [0.25, 0.3) is 5.91 Å². The number of benzene rings is 2. The summed E-state index contributed by atoms with van der Waals surface area (Å²) in [5.74, 6) is 0.356. The molecule has 0 radical (unpaired) electrons. The third-order valence-corrected chi connectivity index (χ3v) is 8.08. The van der Waals surface area contributed by atoms with Gasteiger partial charge >= 0.3 is 0 Å². The molecule has 4 rings (SSSR count). The molecule has 2 heterocycles. The summed E-state index contributed by atoms with van der Waals surface area (Å²) in [6, 6.07) is 15.1. The van der Waals surface area contributed by atoms with E-state index in [0.717, 1.165) is 6.42 Å². The van der Waals surface area contributed by atoms with Crippen LogP contribution in [0.4, 0.5) is 5.82 Å². The van der Waals surface area contributed by atoms with Gasteiger partial charge in [-0.15, -0.1) is 0 Å². The summed E-state index contributed by atoms with van der Waals surface area (Å²) in [7, 11) is -3.67. The van der Waals surface area contributed by atoms with Gasteiger partial charge in [0.15, 0.2) is 9.84 Å². The number of aromatic nitrogens is 1. The number of likely N-dealkylation sites (tertiary alicyclic amines) is 1. The molecule has 1 fully saturated rings. The number of rotatable bonds is 6. The minimum absolute atomic E-state index is 0.102. The zero-order chi connectivity index (χ0) is 24.5. The first-order valence-electron chi connectivity index (χ1n) is 11.5. The lowest BCUT2D eigenvalue weighted by atomic mass is 9.84. The number of anilines is 1. The average Bonchev–Trinajstić information content (AvgIpc) is 2.78. The Labute approximate surface area is 200 Å². The van der Waals surface area contributed by atoms with E-state index in [0.29, 0.717) is 53.9 Å². The maximum Gasteiger partial charge on any atom is 0.253 e. The molecular formula is C26H31N3O4S. The van der Waals surface area contributed by atoms with E-state index in [-0.39, 0.29) is 22.4 Å². The van der Waals surface area contributed by atoms with Crippen LogP contribution in [0, 0.1) is 5.92 Å². The molecule has 3 aromatic rings. The lowest BCUT2D eigenvalue weighted by Crippen LogP contribution is -2.47. The lowest BCUT2D eigenvalue weighted by molar-refractivity contribution is -0.0311. The normalized spacial score (nSPS) is 16.2. The number of para-hydroxylation sites is 1. The van der Waals surface area contributed by atoms with Crippen LogP contribution in [0.3, 0.4) is 0 Å². The van der Waals surface area contributed by atoms with Crippen molar-refractivity contribution in [2.24, 2.45) is 5.92 Å². The Kier molecular flexibility index (Phi) is 6.64. The number of nitrogen functional groups attached to an aromatic ring is 1. The number of amides is 1. The van der Waals surface area contributed by atoms with Crippen LogP contribution < -0.4 is 5.73 Å². The maximum atomic E-state index is 13.2. The van der Waals surface area contributed by atoms with E-state index in [2.05, 4.69) is 18.8 Å². The van der Waals surface area contributed by atoms with Crippen molar-refractivity contribution in [1.29, 1.82) is 0 Å². The summed E-state index contributed by atoms with van der Waals surface area (Å²) >= 11 is 0. The molecule has 0 spiro atoms. The fourth-order valence-electron chi connectivity index (χ4n) is 4.70. The van der Waals surface area contributed by atoms with Crippen molar-refractivity contribution in [2.45, 2.75) is 49.4 Å². The summed E-state index contributed by atoms with van der Waals surface area (Å²) in [4.78, 5) is 19.1. The summed E-state index contributed by atoms with van der Waals surface area (Å²) in [5, 5.41) is 11.4. The summed E-state index contributed by atoms with van der Waals surface area (Å²) in [5.41, 5.74) is 6.52. The highest BCUT2D eigenvalue weighted by Gasteiger charge is 2.34. The summed E-state index contributed by atoms with van der Waals surface area (Å²) in [6.45, 7) is 5.19. The zero-order valence-corrected chi connectivity index (χ0v) is 20.4. The first-order chi connectivity index (χ1) is 16.1. The highest BCUT2D eigenvalue weighted by atomic mass is 32.2. The first kappa shape index (κ1) is 24.2. The SMILES string of the molecule is CC(C)CC1(O)CCN(C(=O)c2ccc(CS(=O)(=O)c3cccc4ccc(N)nc34)cc2)CC1. The highest BCUT2D eigenvalue weighted by Crippen LogP contribution is 2.30. The van der Waals surface area contributed by atoms with Gasteiger partial charge in [0.2, 0.25) is 0 Å². The minimum atomic E-state index is -3.67. The third-order valence-electron chi connectivity index (χ3n) is 6.37. The number of nitrogens with zero attached hydrogens (tertiary/aromatic N) is 2. The van der Waals surface area contributed by atoms with Crippen molar-refractivity contribution in [3.05, 3.63) is 65.7 Å². The second-order valence-corrected chi connectivity index (χ2v) is 11.6. The molecule has 34 heavy (non-hydrogen) atoms. The van der Waals surface area contributed by atoms with E-state index < -0.39 is 15.4 Å². The topological polar surface area (TPSA) is 114 Å². The molecular weight excluding hydrogens is 450 g/mol. The van der Waals surface area contributed by atoms with Crippen molar-refractivity contribution in [2.75, 3.05) is 18.8 Å². The number of carbonyl (C=O) groups is 1. The van der Waals surface area contributed by atoms with Crippen LogP contribution in [0.2, 0.25) is 0 Å². The third kappa shape index (κ3) is 5.23. The summed E-state index contributed by atoms with van der Waals surface area (Å²) < 4.78 is 26.3. The molecule has 0 bridgehead atoms. The fourth-order valence-corrected chi connectivity index (χ4v) is 6.23. The van der Waals surface area contributed by atoms with Crippen LogP contribution in [0.5, 0.6) is 0 Å². The van der Waals surface area contributed by atoms with E-state index in [1.807, 2.05) is 0 Å². The van der Waals surface area contributed by atoms with Crippen molar-refractivity contribution in [3.63, 3.8) is 0 Å². The number of hydrogen-bond donors (Lipinski definition) is 2. The predicted molar refractivity (Wildman–Crippen MR) is 133 cm³/mol. The first-order valence-corrected chi connectivity index (χ1v) is 13.2. The number of sulfone groups is 1. The number of aliphatic hydroxyl groups is 1. The average molecular weight is 482 g/mol. The monoisotopic (exact) mass is 481 g/mol. The number of nitrogens with two attached hydrogens (primary N) is 1. The zero-order valence-electron chi connectivity index (χ0n) is 19.6. The van der Waals surface area contributed by atoms with Crippen LogP contribution in [-0.4, -0.2) is 48.0 Å². The van der Waals surface area contributed by atoms with Crippen LogP contribution >= 0.6 is 0 Å². The Hall–Kier alpha value is -2.97. The molecule has 1 amide bonds. The van der Waals surface area contributed by atoms with E-state index in [1.54, 1.807) is 59.5 Å². The van der Waals surface area contributed by atoms with Crippen LogP contribution in [-0.2, 0) is 15.6 Å². The smallest absolute Gasteiger partial charge is 0.253 e. The Morgan fingerprint density at radius 3 is 2.41 bits per heavy atom. The van der Waals surface area contributed by atoms with Gasteiger partial charge in [-0.1, -0.05) is 38.1 Å². The number of fused-ring (bicyclic) bond motifs is 1. The molecule has 0 saturated carbocycles. The van der Waals surface area contributed by atoms with Gasteiger partial charge in [-0.25, -0.2) is 13.4 Å². The van der Waals surface area contributed by atoms with Gasteiger partial charge in [0.1, 0.15) is 5.82 Å². The van der Waals surface area contributed by atoms with Crippen LogP contribution in [0.1, 0.15) is 49.0 Å². The van der Waals surface area contributed by atoms with Crippen molar-refractivity contribution < 1.29 is 18.3 Å². The lowest BCUT2D eigenvalue weighted by Gasteiger charge is -2.39.